The highest BCUT2D eigenvalue weighted by atomic mass is 16.2. The zero-order valence-electron chi connectivity index (χ0n) is 21.4. The van der Waals surface area contributed by atoms with E-state index in [9.17, 15) is 9.59 Å². The fraction of sp³-hybridized carbons (Fsp3) is 0.333. The number of anilines is 1. The van der Waals surface area contributed by atoms with E-state index in [-0.39, 0.29) is 23.9 Å². The summed E-state index contributed by atoms with van der Waals surface area (Å²) in [4.78, 5) is 30.3. The van der Waals surface area contributed by atoms with Gasteiger partial charge in [0.25, 0.3) is 0 Å². The first-order valence-electron chi connectivity index (χ1n) is 12.6. The number of carbonyl (C=O) groups excluding carboxylic acids is 2. The minimum Gasteiger partial charge on any atom is -0.344 e. The van der Waals surface area contributed by atoms with Crippen LogP contribution in [0.4, 0.5) is 5.69 Å². The minimum absolute atomic E-state index is 0.000190. The van der Waals surface area contributed by atoms with Crippen molar-refractivity contribution in [1.82, 2.24) is 15.1 Å². The molecule has 0 spiro atoms. The molecule has 0 unspecified atom stereocenters. The Kier molecular flexibility index (Phi) is 8.52. The quantitative estimate of drug-likeness (QED) is 0.504. The summed E-state index contributed by atoms with van der Waals surface area (Å²) in [6.07, 6.45) is 0. The maximum atomic E-state index is 13.3. The van der Waals surface area contributed by atoms with Crippen molar-refractivity contribution in [1.29, 1.82) is 0 Å². The Labute approximate surface area is 214 Å². The highest BCUT2D eigenvalue weighted by molar-refractivity contribution is 5.93. The van der Waals surface area contributed by atoms with Gasteiger partial charge >= 0.3 is 0 Å². The van der Waals surface area contributed by atoms with Gasteiger partial charge in [0.15, 0.2) is 0 Å². The highest BCUT2D eigenvalue weighted by Crippen LogP contribution is 2.23. The predicted octanol–water partition coefficient (Wildman–Crippen LogP) is 4.15. The summed E-state index contributed by atoms with van der Waals surface area (Å²) >= 11 is 0. The third-order valence-electron chi connectivity index (χ3n) is 7.00. The van der Waals surface area contributed by atoms with Gasteiger partial charge in [-0.2, -0.15) is 0 Å². The minimum atomic E-state index is -0.259. The summed E-state index contributed by atoms with van der Waals surface area (Å²) < 4.78 is 0. The highest BCUT2D eigenvalue weighted by Gasteiger charge is 2.28. The van der Waals surface area contributed by atoms with E-state index in [1.807, 2.05) is 99.6 Å². The lowest BCUT2D eigenvalue weighted by molar-refractivity contribution is -0.127. The topological polar surface area (TPSA) is 64.7 Å². The van der Waals surface area contributed by atoms with Crippen molar-refractivity contribution in [3.8, 4) is 0 Å². The standard InChI is InChI=1S/C30H36N4O2/c1-22-11-10-12-23(2)28(22)31-27(35)21-33-17-19-34(20-18-33)24(3)30(36)32-29(25-13-6-4-7-14-25)26-15-8-5-9-16-26/h4-16,24,29H,17-21H2,1-3H3,(H,31,35)(H,32,36)/t24-/m0/s1. The van der Waals surface area contributed by atoms with Crippen LogP contribution < -0.4 is 10.6 Å². The van der Waals surface area contributed by atoms with E-state index < -0.39 is 0 Å². The zero-order chi connectivity index (χ0) is 25.5. The number of para-hydroxylation sites is 1. The third-order valence-corrected chi connectivity index (χ3v) is 7.00. The van der Waals surface area contributed by atoms with Crippen molar-refractivity contribution >= 4 is 17.5 Å². The van der Waals surface area contributed by atoms with Crippen LogP contribution in [0.25, 0.3) is 0 Å². The molecule has 1 heterocycles. The van der Waals surface area contributed by atoms with E-state index in [2.05, 4.69) is 20.4 Å². The van der Waals surface area contributed by atoms with Crippen molar-refractivity contribution in [3.63, 3.8) is 0 Å². The first-order chi connectivity index (χ1) is 17.4. The van der Waals surface area contributed by atoms with Gasteiger partial charge in [-0.1, -0.05) is 78.9 Å². The van der Waals surface area contributed by atoms with Gasteiger partial charge in [-0.25, -0.2) is 0 Å². The first-order valence-corrected chi connectivity index (χ1v) is 12.6. The van der Waals surface area contributed by atoms with Crippen LogP contribution >= 0.6 is 0 Å². The van der Waals surface area contributed by atoms with Crippen LogP contribution in [0.5, 0.6) is 0 Å². The number of hydrogen-bond donors (Lipinski definition) is 2. The van der Waals surface area contributed by atoms with Crippen LogP contribution in [-0.4, -0.2) is 60.4 Å². The van der Waals surface area contributed by atoms with Crippen molar-refractivity contribution in [2.45, 2.75) is 32.9 Å². The van der Waals surface area contributed by atoms with Gasteiger partial charge in [0.1, 0.15) is 0 Å². The number of aryl methyl sites for hydroxylation is 2. The Hall–Kier alpha value is -3.48. The lowest BCUT2D eigenvalue weighted by atomic mass is 9.98. The molecule has 0 saturated carbocycles. The molecule has 3 aromatic carbocycles. The molecule has 0 radical (unpaired) electrons. The molecule has 3 aromatic rings. The predicted molar refractivity (Wildman–Crippen MR) is 145 cm³/mol. The summed E-state index contributed by atoms with van der Waals surface area (Å²) in [7, 11) is 0. The lowest BCUT2D eigenvalue weighted by Gasteiger charge is -2.37. The molecular formula is C30H36N4O2. The normalized spacial score (nSPS) is 15.4. The fourth-order valence-corrected chi connectivity index (χ4v) is 4.78. The average Bonchev–Trinajstić information content (AvgIpc) is 2.90. The number of rotatable bonds is 8. The maximum absolute atomic E-state index is 13.3. The second kappa shape index (κ2) is 12.0. The molecule has 36 heavy (non-hydrogen) atoms. The van der Waals surface area contributed by atoms with Crippen LogP contribution in [0.2, 0.25) is 0 Å². The molecule has 0 aromatic heterocycles. The summed E-state index contributed by atoms with van der Waals surface area (Å²) in [5.41, 5.74) is 5.15. The third kappa shape index (κ3) is 6.39. The van der Waals surface area contributed by atoms with E-state index >= 15 is 0 Å². The van der Waals surface area contributed by atoms with Crippen LogP contribution in [0.15, 0.2) is 78.9 Å². The number of carbonyl (C=O) groups is 2. The second-order valence-electron chi connectivity index (χ2n) is 9.57. The Bertz CT molecular complexity index is 1100. The summed E-state index contributed by atoms with van der Waals surface area (Å²) in [5.74, 6) is 0.00846. The molecule has 188 valence electrons. The summed E-state index contributed by atoms with van der Waals surface area (Å²) in [6.45, 7) is 9.32. The van der Waals surface area contributed by atoms with E-state index in [1.165, 1.54) is 0 Å². The van der Waals surface area contributed by atoms with Gasteiger partial charge in [-0.05, 0) is 43.0 Å². The van der Waals surface area contributed by atoms with E-state index in [0.717, 1.165) is 54.1 Å². The Morgan fingerprint density at radius 3 is 1.83 bits per heavy atom. The Morgan fingerprint density at radius 2 is 1.31 bits per heavy atom. The van der Waals surface area contributed by atoms with Gasteiger partial charge in [-0.15, -0.1) is 0 Å². The van der Waals surface area contributed by atoms with Crippen molar-refractivity contribution in [2.75, 3.05) is 38.0 Å². The number of piperazine rings is 1. The number of benzene rings is 3. The van der Waals surface area contributed by atoms with Gasteiger partial charge in [0.2, 0.25) is 11.8 Å². The maximum Gasteiger partial charge on any atom is 0.238 e. The number of amides is 2. The Balaban J connectivity index is 1.31. The lowest BCUT2D eigenvalue weighted by Crippen LogP contribution is -2.55. The molecule has 0 bridgehead atoms. The largest absolute Gasteiger partial charge is 0.344 e. The van der Waals surface area contributed by atoms with E-state index in [0.29, 0.717) is 6.54 Å². The smallest absolute Gasteiger partial charge is 0.238 e. The molecule has 4 rings (SSSR count). The molecule has 1 aliphatic heterocycles. The first kappa shape index (κ1) is 25.6. The molecule has 1 atom stereocenters. The van der Waals surface area contributed by atoms with Crippen LogP contribution in [0.1, 0.15) is 35.2 Å². The van der Waals surface area contributed by atoms with Gasteiger partial charge in [0.05, 0.1) is 18.6 Å². The van der Waals surface area contributed by atoms with Gasteiger partial charge in [0, 0.05) is 31.9 Å². The number of nitrogens with zero attached hydrogens (tertiary/aromatic N) is 2. The zero-order valence-corrected chi connectivity index (χ0v) is 21.4. The molecule has 2 N–H and O–H groups in total. The van der Waals surface area contributed by atoms with Crippen molar-refractivity contribution in [3.05, 3.63) is 101 Å². The van der Waals surface area contributed by atoms with Crippen LogP contribution in [0, 0.1) is 13.8 Å². The molecule has 6 heteroatoms. The second-order valence-corrected chi connectivity index (χ2v) is 9.57. The summed E-state index contributed by atoms with van der Waals surface area (Å²) in [6, 6.07) is 25.7. The van der Waals surface area contributed by atoms with E-state index in [4.69, 9.17) is 0 Å². The monoisotopic (exact) mass is 484 g/mol. The van der Waals surface area contributed by atoms with Crippen molar-refractivity contribution < 1.29 is 9.59 Å². The van der Waals surface area contributed by atoms with Crippen LogP contribution in [-0.2, 0) is 9.59 Å². The van der Waals surface area contributed by atoms with Crippen LogP contribution in [0.3, 0.4) is 0 Å². The fourth-order valence-electron chi connectivity index (χ4n) is 4.78. The molecule has 6 nitrogen and oxygen atoms in total. The molecule has 1 fully saturated rings. The molecule has 2 amide bonds. The SMILES string of the molecule is Cc1cccc(C)c1NC(=O)CN1CCN([C@@H](C)C(=O)NC(c2ccccc2)c2ccccc2)CC1. The Morgan fingerprint density at radius 1 is 0.778 bits per heavy atom. The average molecular weight is 485 g/mol. The van der Waals surface area contributed by atoms with Gasteiger partial charge < -0.3 is 10.6 Å². The number of nitrogens with one attached hydrogen (secondary N) is 2. The molecule has 1 saturated heterocycles. The van der Waals surface area contributed by atoms with Crippen molar-refractivity contribution in [2.24, 2.45) is 0 Å². The summed E-state index contributed by atoms with van der Waals surface area (Å²) in [5, 5.41) is 6.34. The van der Waals surface area contributed by atoms with E-state index in [1.54, 1.807) is 0 Å². The molecule has 0 aliphatic carbocycles. The number of hydrogen-bond acceptors (Lipinski definition) is 4. The molecular weight excluding hydrogens is 448 g/mol. The van der Waals surface area contributed by atoms with Gasteiger partial charge in [-0.3, -0.25) is 19.4 Å². The molecule has 1 aliphatic rings.